The number of carbonyl (C=O) groups is 1. The Bertz CT molecular complexity index is 286. The summed E-state index contributed by atoms with van der Waals surface area (Å²) < 4.78 is 3.61. The van der Waals surface area contributed by atoms with E-state index < -0.39 is 0 Å². The van der Waals surface area contributed by atoms with Gasteiger partial charge in [0.15, 0.2) is 5.69 Å². The van der Waals surface area contributed by atoms with Crippen molar-refractivity contribution in [1.29, 1.82) is 0 Å². The van der Waals surface area contributed by atoms with Crippen molar-refractivity contribution >= 4 is 17.4 Å². The molecule has 5 nitrogen and oxygen atoms in total. The standard InChI is InChI=1S/C8H14N4OS/c1-5(2)6(9)3-10-8(13)7-4-14-12-11-7/h4-6H,3,9H2,1-2H3,(H,10,13). The van der Waals surface area contributed by atoms with Crippen LogP contribution in [0.3, 0.4) is 0 Å². The summed E-state index contributed by atoms with van der Waals surface area (Å²) >= 11 is 1.16. The van der Waals surface area contributed by atoms with Gasteiger partial charge in [0.25, 0.3) is 5.91 Å². The number of carbonyl (C=O) groups excluding carboxylic acids is 1. The molecule has 0 aliphatic heterocycles. The molecular weight excluding hydrogens is 200 g/mol. The van der Waals surface area contributed by atoms with Gasteiger partial charge in [-0.15, -0.1) is 5.10 Å². The molecule has 6 heteroatoms. The van der Waals surface area contributed by atoms with E-state index in [2.05, 4.69) is 14.9 Å². The second kappa shape index (κ2) is 5.02. The first kappa shape index (κ1) is 11.1. The molecule has 0 aromatic carbocycles. The molecule has 1 rings (SSSR count). The predicted molar refractivity (Wildman–Crippen MR) is 55.1 cm³/mol. The number of aromatic nitrogens is 2. The van der Waals surface area contributed by atoms with E-state index in [0.717, 1.165) is 11.5 Å². The molecule has 14 heavy (non-hydrogen) atoms. The van der Waals surface area contributed by atoms with Gasteiger partial charge in [0.05, 0.1) is 0 Å². The minimum absolute atomic E-state index is 0.0226. The second-order valence-electron chi connectivity index (χ2n) is 3.41. The molecule has 1 heterocycles. The summed E-state index contributed by atoms with van der Waals surface area (Å²) in [7, 11) is 0. The van der Waals surface area contributed by atoms with Crippen LogP contribution in [0.1, 0.15) is 24.3 Å². The maximum absolute atomic E-state index is 11.4. The number of rotatable bonds is 4. The zero-order chi connectivity index (χ0) is 10.6. The normalized spacial score (nSPS) is 12.9. The number of nitrogens with one attached hydrogen (secondary N) is 1. The molecule has 3 N–H and O–H groups in total. The fourth-order valence-electron chi connectivity index (χ4n) is 0.800. The third-order valence-electron chi connectivity index (χ3n) is 1.95. The summed E-state index contributed by atoms with van der Waals surface area (Å²) in [6, 6.07) is -0.0226. The molecule has 0 saturated carbocycles. The molecule has 0 aliphatic rings. The second-order valence-corrected chi connectivity index (χ2v) is 4.02. The summed E-state index contributed by atoms with van der Waals surface area (Å²) in [6.07, 6.45) is 0. The number of amides is 1. The Kier molecular flexibility index (Phi) is 3.97. The van der Waals surface area contributed by atoms with Gasteiger partial charge in [0.1, 0.15) is 0 Å². The van der Waals surface area contributed by atoms with E-state index in [1.165, 1.54) is 0 Å². The number of hydrogen-bond donors (Lipinski definition) is 2. The van der Waals surface area contributed by atoms with E-state index in [9.17, 15) is 4.79 Å². The van der Waals surface area contributed by atoms with Gasteiger partial charge < -0.3 is 11.1 Å². The zero-order valence-electron chi connectivity index (χ0n) is 8.23. The van der Waals surface area contributed by atoms with Crippen molar-refractivity contribution in [3.63, 3.8) is 0 Å². The minimum atomic E-state index is -0.213. The Hall–Kier alpha value is -1.01. The molecule has 1 unspecified atom stereocenters. The van der Waals surface area contributed by atoms with Crippen molar-refractivity contribution in [3.8, 4) is 0 Å². The molecule has 0 spiro atoms. The van der Waals surface area contributed by atoms with E-state index in [1.54, 1.807) is 5.38 Å². The topological polar surface area (TPSA) is 80.9 Å². The third-order valence-corrected chi connectivity index (χ3v) is 2.45. The van der Waals surface area contributed by atoms with E-state index in [0.29, 0.717) is 18.2 Å². The molecule has 0 saturated heterocycles. The van der Waals surface area contributed by atoms with Gasteiger partial charge in [-0.05, 0) is 17.5 Å². The van der Waals surface area contributed by atoms with E-state index in [-0.39, 0.29) is 11.9 Å². The molecule has 0 bridgehead atoms. The lowest BCUT2D eigenvalue weighted by Gasteiger charge is -2.15. The van der Waals surface area contributed by atoms with Crippen LogP contribution in [0.5, 0.6) is 0 Å². The molecular formula is C8H14N4OS. The van der Waals surface area contributed by atoms with Crippen LogP contribution in [0.25, 0.3) is 0 Å². The number of nitrogens with zero attached hydrogens (tertiary/aromatic N) is 2. The van der Waals surface area contributed by atoms with E-state index in [4.69, 9.17) is 5.73 Å². The van der Waals surface area contributed by atoms with Gasteiger partial charge in [0.2, 0.25) is 0 Å². The van der Waals surface area contributed by atoms with Crippen LogP contribution in [0, 0.1) is 5.92 Å². The van der Waals surface area contributed by atoms with Gasteiger partial charge in [-0.2, -0.15) is 0 Å². The number of hydrogen-bond acceptors (Lipinski definition) is 5. The van der Waals surface area contributed by atoms with Gasteiger partial charge >= 0.3 is 0 Å². The van der Waals surface area contributed by atoms with Gasteiger partial charge in [-0.1, -0.05) is 18.3 Å². The predicted octanol–water partition coefficient (Wildman–Crippen LogP) is 0.251. The maximum Gasteiger partial charge on any atom is 0.272 e. The molecule has 1 atom stereocenters. The van der Waals surface area contributed by atoms with Crippen molar-refractivity contribution < 1.29 is 4.79 Å². The highest BCUT2D eigenvalue weighted by molar-refractivity contribution is 7.03. The SMILES string of the molecule is CC(C)C(N)CNC(=O)c1csnn1. The summed E-state index contributed by atoms with van der Waals surface area (Å²) in [4.78, 5) is 11.4. The highest BCUT2D eigenvalue weighted by Crippen LogP contribution is 1.99. The van der Waals surface area contributed by atoms with Gasteiger partial charge in [0, 0.05) is 18.0 Å². The summed E-state index contributed by atoms with van der Waals surface area (Å²) in [6.45, 7) is 4.50. The lowest BCUT2D eigenvalue weighted by molar-refractivity contribution is 0.0944. The smallest absolute Gasteiger partial charge is 0.272 e. The van der Waals surface area contributed by atoms with Gasteiger partial charge in [-0.25, -0.2) is 0 Å². The Labute approximate surface area is 86.9 Å². The van der Waals surface area contributed by atoms with Crippen molar-refractivity contribution in [2.24, 2.45) is 11.7 Å². The first-order valence-electron chi connectivity index (χ1n) is 4.42. The fourth-order valence-corrected chi connectivity index (χ4v) is 1.24. The molecule has 78 valence electrons. The summed E-state index contributed by atoms with van der Waals surface area (Å²) in [5.74, 6) is 0.138. The summed E-state index contributed by atoms with van der Waals surface area (Å²) in [5.41, 5.74) is 6.12. The third kappa shape index (κ3) is 3.04. The first-order valence-corrected chi connectivity index (χ1v) is 5.25. The molecule has 1 aromatic rings. The maximum atomic E-state index is 11.4. The average molecular weight is 214 g/mol. The molecule has 1 aromatic heterocycles. The lowest BCUT2D eigenvalue weighted by atomic mass is 10.1. The highest BCUT2D eigenvalue weighted by atomic mass is 32.1. The van der Waals surface area contributed by atoms with Crippen LogP contribution in [0.15, 0.2) is 5.38 Å². The molecule has 0 fully saturated rings. The van der Waals surface area contributed by atoms with E-state index in [1.807, 2.05) is 13.8 Å². The lowest BCUT2D eigenvalue weighted by Crippen LogP contribution is -2.40. The van der Waals surface area contributed by atoms with Crippen LogP contribution in [-0.4, -0.2) is 28.1 Å². The Balaban J connectivity index is 2.36. The Morgan fingerprint density at radius 3 is 2.93 bits per heavy atom. The van der Waals surface area contributed by atoms with Crippen molar-refractivity contribution in [3.05, 3.63) is 11.1 Å². The van der Waals surface area contributed by atoms with Crippen LogP contribution in [0.4, 0.5) is 0 Å². The van der Waals surface area contributed by atoms with Crippen molar-refractivity contribution in [1.82, 2.24) is 14.9 Å². The zero-order valence-corrected chi connectivity index (χ0v) is 9.04. The quantitative estimate of drug-likeness (QED) is 0.753. The van der Waals surface area contributed by atoms with Crippen LogP contribution >= 0.6 is 11.5 Å². The Morgan fingerprint density at radius 1 is 1.71 bits per heavy atom. The Morgan fingerprint density at radius 2 is 2.43 bits per heavy atom. The summed E-state index contributed by atoms with van der Waals surface area (Å²) in [5, 5.41) is 7.97. The molecule has 0 aliphatic carbocycles. The molecule has 0 radical (unpaired) electrons. The highest BCUT2D eigenvalue weighted by Gasteiger charge is 2.12. The van der Waals surface area contributed by atoms with Crippen molar-refractivity contribution in [2.75, 3.05) is 6.54 Å². The number of nitrogens with two attached hydrogens (primary N) is 1. The van der Waals surface area contributed by atoms with Gasteiger partial charge in [-0.3, -0.25) is 4.79 Å². The first-order chi connectivity index (χ1) is 6.61. The minimum Gasteiger partial charge on any atom is -0.349 e. The van der Waals surface area contributed by atoms with E-state index >= 15 is 0 Å². The van der Waals surface area contributed by atoms with Crippen LogP contribution < -0.4 is 11.1 Å². The largest absolute Gasteiger partial charge is 0.349 e. The monoisotopic (exact) mass is 214 g/mol. The fraction of sp³-hybridized carbons (Fsp3) is 0.625. The van der Waals surface area contributed by atoms with Crippen LogP contribution in [-0.2, 0) is 0 Å². The average Bonchev–Trinajstić information content (AvgIpc) is 2.66. The van der Waals surface area contributed by atoms with Crippen molar-refractivity contribution in [2.45, 2.75) is 19.9 Å². The molecule has 1 amide bonds. The van der Waals surface area contributed by atoms with Crippen LogP contribution in [0.2, 0.25) is 0 Å².